The molecule has 0 saturated carbocycles. The number of hydrogen-bond acceptors (Lipinski definition) is 4. The van der Waals surface area contributed by atoms with E-state index in [-0.39, 0.29) is 22.0 Å². The molecule has 0 aromatic heterocycles. The van der Waals surface area contributed by atoms with Crippen LogP contribution in [0.1, 0.15) is 10.4 Å². The van der Waals surface area contributed by atoms with E-state index in [9.17, 15) is 20.0 Å². The largest absolute Gasteiger partial charge is 0.508 e. The van der Waals surface area contributed by atoms with Crippen LogP contribution in [-0.4, -0.2) is 15.9 Å². The van der Waals surface area contributed by atoms with Gasteiger partial charge in [-0.05, 0) is 24.3 Å². The van der Waals surface area contributed by atoms with Crippen LogP contribution in [0.15, 0.2) is 42.5 Å². The molecular formula is C13H9ClN2O4. The second-order valence-corrected chi connectivity index (χ2v) is 4.36. The molecule has 0 unspecified atom stereocenters. The Morgan fingerprint density at radius 2 is 2.00 bits per heavy atom. The molecule has 6 nitrogen and oxygen atoms in total. The van der Waals surface area contributed by atoms with Gasteiger partial charge in [0.15, 0.2) is 0 Å². The van der Waals surface area contributed by atoms with Crippen molar-refractivity contribution in [3.63, 3.8) is 0 Å². The lowest BCUT2D eigenvalue weighted by Gasteiger charge is -2.06. The molecule has 0 aliphatic heterocycles. The molecule has 20 heavy (non-hydrogen) atoms. The van der Waals surface area contributed by atoms with Crippen LogP contribution in [0.3, 0.4) is 0 Å². The molecule has 0 fully saturated rings. The van der Waals surface area contributed by atoms with Gasteiger partial charge < -0.3 is 10.4 Å². The van der Waals surface area contributed by atoms with Crippen molar-refractivity contribution in [2.24, 2.45) is 0 Å². The van der Waals surface area contributed by atoms with Crippen LogP contribution in [-0.2, 0) is 0 Å². The van der Waals surface area contributed by atoms with Crippen LogP contribution >= 0.6 is 11.6 Å². The molecule has 2 aromatic carbocycles. The van der Waals surface area contributed by atoms with Gasteiger partial charge in [0.25, 0.3) is 11.6 Å². The van der Waals surface area contributed by atoms with Crippen LogP contribution in [0.25, 0.3) is 0 Å². The number of phenols is 1. The number of phenolic OH excluding ortho intramolecular Hbond substituents is 1. The summed E-state index contributed by atoms with van der Waals surface area (Å²) < 4.78 is 0. The zero-order valence-corrected chi connectivity index (χ0v) is 10.8. The van der Waals surface area contributed by atoms with Crippen LogP contribution in [0, 0.1) is 10.1 Å². The molecule has 2 aromatic rings. The van der Waals surface area contributed by atoms with Gasteiger partial charge in [-0.15, -0.1) is 0 Å². The fourth-order valence-corrected chi connectivity index (χ4v) is 1.80. The Labute approximate surface area is 118 Å². The molecule has 0 heterocycles. The topological polar surface area (TPSA) is 92.5 Å². The van der Waals surface area contributed by atoms with Gasteiger partial charge in [0.2, 0.25) is 0 Å². The van der Waals surface area contributed by atoms with Crippen LogP contribution in [0.4, 0.5) is 11.4 Å². The van der Waals surface area contributed by atoms with E-state index >= 15 is 0 Å². The summed E-state index contributed by atoms with van der Waals surface area (Å²) in [5.41, 5.74) is -0.155. The Morgan fingerprint density at radius 3 is 2.65 bits per heavy atom. The maximum atomic E-state index is 12.0. The first-order valence-corrected chi connectivity index (χ1v) is 5.89. The highest BCUT2D eigenvalue weighted by atomic mass is 35.5. The number of carbonyl (C=O) groups is 1. The minimum atomic E-state index is -0.677. The highest BCUT2D eigenvalue weighted by molar-refractivity contribution is 6.31. The monoisotopic (exact) mass is 292 g/mol. The highest BCUT2D eigenvalue weighted by Gasteiger charge is 2.20. The van der Waals surface area contributed by atoms with Gasteiger partial charge in [-0.2, -0.15) is 0 Å². The minimum Gasteiger partial charge on any atom is -0.508 e. The molecule has 0 atom stereocenters. The number of nitro benzene ring substituents is 1. The SMILES string of the molecule is O=C(Nc1cccc(O)c1)c1ccc(Cl)cc1[N+](=O)[O-]. The van der Waals surface area contributed by atoms with Crippen LogP contribution < -0.4 is 5.32 Å². The summed E-state index contributed by atoms with van der Waals surface area (Å²) in [5.74, 6) is -0.674. The van der Waals surface area contributed by atoms with E-state index in [1.807, 2.05) is 0 Å². The van der Waals surface area contributed by atoms with Gasteiger partial charge in [-0.3, -0.25) is 14.9 Å². The summed E-state index contributed by atoms with van der Waals surface area (Å²) in [6.45, 7) is 0. The Morgan fingerprint density at radius 1 is 1.25 bits per heavy atom. The Hall–Kier alpha value is -2.60. The van der Waals surface area contributed by atoms with Gasteiger partial charge in [0, 0.05) is 22.8 Å². The van der Waals surface area contributed by atoms with Gasteiger partial charge in [0.05, 0.1) is 4.92 Å². The van der Waals surface area contributed by atoms with Crippen molar-refractivity contribution < 1.29 is 14.8 Å². The number of nitrogens with zero attached hydrogens (tertiary/aromatic N) is 1. The van der Waals surface area contributed by atoms with Gasteiger partial charge in [-0.25, -0.2) is 0 Å². The third-order valence-corrected chi connectivity index (χ3v) is 2.74. The minimum absolute atomic E-state index is 0.0200. The van der Waals surface area contributed by atoms with E-state index in [1.54, 1.807) is 12.1 Å². The van der Waals surface area contributed by atoms with Crippen molar-refractivity contribution in [2.45, 2.75) is 0 Å². The number of carbonyl (C=O) groups excluding carboxylic acids is 1. The third kappa shape index (κ3) is 3.04. The molecule has 0 bridgehead atoms. The third-order valence-electron chi connectivity index (χ3n) is 2.51. The average Bonchev–Trinajstić information content (AvgIpc) is 2.38. The average molecular weight is 293 g/mol. The summed E-state index contributed by atoms with van der Waals surface area (Å²) in [6, 6.07) is 9.66. The van der Waals surface area contributed by atoms with Crippen molar-refractivity contribution in [1.82, 2.24) is 0 Å². The normalized spacial score (nSPS) is 10.1. The Kier molecular flexibility index (Phi) is 3.86. The quantitative estimate of drug-likeness (QED) is 0.671. The molecule has 0 aliphatic rings. The fourth-order valence-electron chi connectivity index (χ4n) is 1.63. The molecule has 2 N–H and O–H groups in total. The molecule has 0 spiro atoms. The predicted molar refractivity (Wildman–Crippen MR) is 74.2 cm³/mol. The van der Waals surface area contributed by atoms with Gasteiger partial charge >= 0.3 is 0 Å². The molecule has 0 radical (unpaired) electrons. The summed E-state index contributed by atoms with van der Waals surface area (Å²) >= 11 is 5.68. The molecule has 102 valence electrons. The number of amides is 1. The van der Waals surface area contributed by atoms with E-state index < -0.39 is 10.8 Å². The first kappa shape index (κ1) is 13.8. The Balaban J connectivity index is 2.32. The summed E-state index contributed by atoms with van der Waals surface area (Å²) in [5, 5.41) is 22.8. The molecule has 7 heteroatoms. The van der Waals surface area contributed by atoms with Crippen molar-refractivity contribution >= 4 is 28.9 Å². The van der Waals surface area contributed by atoms with E-state index in [4.69, 9.17) is 11.6 Å². The number of benzene rings is 2. The lowest BCUT2D eigenvalue weighted by molar-refractivity contribution is -0.385. The lowest BCUT2D eigenvalue weighted by atomic mass is 10.1. The number of halogens is 1. The second-order valence-electron chi connectivity index (χ2n) is 3.92. The summed E-state index contributed by atoms with van der Waals surface area (Å²) in [7, 11) is 0. The predicted octanol–water partition coefficient (Wildman–Crippen LogP) is 3.21. The maximum Gasteiger partial charge on any atom is 0.283 e. The van der Waals surface area contributed by atoms with E-state index in [0.29, 0.717) is 5.69 Å². The maximum absolute atomic E-state index is 12.0. The summed E-state index contributed by atoms with van der Waals surface area (Å²) in [4.78, 5) is 22.3. The number of hydrogen-bond donors (Lipinski definition) is 2. The molecule has 0 saturated heterocycles. The van der Waals surface area contributed by atoms with Crippen LogP contribution in [0.5, 0.6) is 5.75 Å². The number of nitro groups is 1. The highest BCUT2D eigenvalue weighted by Crippen LogP contribution is 2.24. The van der Waals surface area contributed by atoms with E-state index in [0.717, 1.165) is 6.07 Å². The number of aromatic hydroxyl groups is 1. The van der Waals surface area contributed by atoms with Crippen molar-refractivity contribution in [3.05, 3.63) is 63.2 Å². The zero-order valence-electron chi connectivity index (χ0n) is 10.0. The van der Waals surface area contributed by atoms with Crippen LogP contribution in [0.2, 0.25) is 5.02 Å². The number of anilines is 1. The zero-order chi connectivity index (χ0) is 14.7. The molecule has 1 amide bonds. The van der Waals surface area contributed by atoms with Crippen molar-refractivity contribution in [2.75, 3.05) is 5.32 Å². The number of nitrogens with one attached hydrogen (secondary N) is 1. The number of rotatable bonds is 3. The Bertz CT molecular complexity index is 688. The first-order chi connectivity index (χ1) is 9.47. The smallest absolute Gasteiger partial charge is 0.283 e. The second kappa shape index (κ2) is 5.58. The van der Waals surface area contributed by atoms with Gasteiger partial charge in [-0.1, -0.05) is 17.7 Å². The first-order valence-electron chi connectivity index (χ1n) is 5.51. The van der Waals surface area contributed by atoms with Crippen molar-refractivity contribution in [3.8, 4) is 5.75 Å². The summed E-state index contributed by atoms with van der Waals surface area (Å²) in [6.07, 6.45) is 0. The van der Waals surface area contributed by atoms with Gasteiger partial charge in [0.1, 0.15) is 11.3 Å². The molecule has 2 rings (SSSR count). The van der Waals surface area contributed by atoms with Crippen molar-refractivity contribution in [1.29, 1.82) is 0 Å². The van der Waals surface area contributed by atoms with E-state index in [1.165, 1.54) is 24.3 Å². The standard InChI is InChI=1S/C13H9ClN2O4/c14-8-4-5-11(12(6-8)16(19)20)13(18)15-9-2-1-3-10(17)7-9/h1-7,17H,(H,15,18). The van der Waals surface area contributed by atoms with E-state index in [2.05, 4.69) is 5.32 Å². The molecular weight excluding hydrogens is 284 g/mol. The lowest BCUT2D eigenvalue weighted by Crippen LogP contribution is -2.13. The fraction of sp³-hybridized carbons (Fsp3) is 0. The molecule has 0 aliphatic carbocycles.